The number of benzene rings is 1. The van der Waals surface area contributed by atoms with Crippen molar-refractivity contribution in [2.45, 2.75) is 25.6 Å². The summed E-state index contributed by atoms with van der Waals surface area (Å²) in [6.07, 6.45) is 1.04. The molecule has 1 nitrogen and oxygen atoms in total. The molecule has 1 aliphatic rings. The van der Waals surface area contributed by atoms with Crippen molar-refractivity contribution in [1.82, 2.24) is 4.90 Å². The first-order valence-electron chi connectivity index (χ1n) is 5.45. The molecule has 4 heteroatoms. The maximum atomic E-state index is 13.2. The van der Waals surface area contributed by atoms with E-state index in [2.05, 4.69) is 48.9 Å². The number of rotatable bonds is 2. The molecule has 0 aliphatic carbocycles. The third-order valence-corrected chi connectivity index (χ3v) is 3.69. The fourth-order valence-electron chi connectivity index (χ4n) is 2.10. The minimum atomic E-state index is -0.649. The van der Waals surface area contributed by atoms with Crippen molar-refractivity contribution in [2.24, 2.45) is 0 Å². The van der Waals surface area contributed by atoms with Gasteiger partial charge in [-0.2, -0.15) is 0 Å². The predicted molar refractivity (Wildman–Crippen MR) is 71.2 cm³/mol. The van der Waals surface area contributed by atoms with E-state index in [-0.39, 0.29) is 0 Å². The first kappa shape index (κ1) is 12.5. The van der Waals surface area contributed by atoms with Crippen LogP contribution in [0.2, 0.25) is 0 Å². The van der Waals surface area contributed by atoms with Crippen LogP contribution in [0, 0.1) is 0 Å². The van der Waals surface area contributed by atoms with E-state index in [0.717, 1.165) is 34.9 Å². The number of piperidine rings is 1. The quantitative estimate of drug-likeness (QED) is 0.774. The molecule has 0 aromatic heterocycles. The van der Waals surface area contributed by atoms with Crippen LogP contribution >= 0.6 is 31.9 Å². The van der Waals surface area contributed by atoms with Crippen LogP contribution in [0.25, 0.3) is 0 Å². The zero-order chi connectivity index (χ0) is 11.5. The average Bonchev–Trinajstić information content (AvgIpc) is 2.15. The molecule has 1 heterocycles. The van der Waals surface area contributed by atoms with E-state index in [1.165, 1.54) is 5.56 Å². The SMILES string of the molecule is FC1CCCN(Cc2cc(Br)cc(Br)c2)C1. The molecule has 0 amide bonds. The molecular formula is C12H14Br2FN. The van der Waals surface area contributed by atoms with E-state index >= 15 is 0 Å². The number of hydrogen-bond donors (Lipinski definition) is 0. The molecule has 0 N–H and O–H groups in total. The Kier molecular flexibility index (Phi) is 4.39. The van der Waals surface area contributed by atoms with Gasteiger partial charge in [0.2, 0.25) is 0 Å². The number of likely N-dealkylation sites (tertiary alicyclic amines) is 1. The summed E-state index contributed by atoms with van der Waals surface area (Å²) >= 11 is 6.93. The second-order valence-electron chi connectivity index (χ2n) is 4.25. The Morgan fingerprint density at radius 1 is 1.25 bits per heavy atom. The van der Waals surface area contributed by atoms with Gasteiger partial charge in [-0.25, -0.2) is 4.39 Å². The molecule has 1 aliphatic heterocycles. The summed E-state index contributed by atoms with van der Waals surface area (Å²) in [5.41, 5.74) is 1.22. The highest BCUT2D eigenvalue weighted by molar-refractivity contribution is 9.11. The monoisotopic (exact) mass is 349 g/mol. The van der Waals surface area contributed by atoms with E-state index in [9.17, 15) is 4.39 Å². The molecule has 1 saturated heterocycles. The van der Waals surface area contributed by atoms with Gasteiger partial charge in [0.25, 0.3) is 0 Å². The maximum absolute atomic E-state index is 13.2. The van der Waals surface area contributed by atoms with Crippen LogP contribution in [0.4, 0.5) is 4.39 Å². The van der Waals surface area contributed by atoms with E-state index in [1.807, 2.05) is 6.07 Å². The summed E-state index contributed by atoms with van der Waals surface area (Å²) in [4.78, 5) is 2.18. The van der Waals surface area contributed by atoms with Crippen molar-refractivity contribution in [2.75, 3.05) is 13.1 Å². The topological polar surface area (TPSA) is 3.24 Å². The van der Waals surface area contributed by atoms with Crippen LogP contribution in [0.5, 0.6) is 0 Å². The Hall–Kier alpha value is 0.0700. The molecule has 16 heavy (non-hydrogen) atoms. The summed E-state index contributed by atoms with van der Waals surface area (Å²) in [5, 5.41) is 0. The fourth-order valence-corrected chi connectivity index (χ4v) is 3.49. The molecule has 0 bridgehead atoms. The summed E-state index contributed by atoms with van der Waals surface area (Å²) in [6, 6.07) is 6.19. The first-order valence-corrected chi connectivity index (χ1v) is 7.03. The average molecular weight is 351 g/mol. The van der Waals surface area contributed by atoms with Crippen LogP contribution in [-0.2, 0) is 6.54 Å². The van der Waals surface area contributed by atoms with Gasteiger partial charge in [-0.15, -0.1) is 0 Å². The fraction of sp³-hybridized carbons (Fsp3) is 0.500. The molecule has 0 radical (unpaired) electrons. The molecule has 1 aromatic carbocycles. The highest BCUT2D eigenvalue weighted by Crippen LogP contribution is 2.22. The molecule has 1 atom stereocenters. The van der Waals surface area contributed by atoms with Gasteiger partial charge in [-0.05, 0) is 43.1 Å². The van der Waals surface area contributed by atoms with Gasteiger partial charge in [-0.3, -0.25) is 4.90 Å². The second-order valence-corrected chi connectivity index (χ2v) is 6.08. The van der Waals surface area contributed by atoms with Crippen molar-refractivity contribution >= 4 is 31.9 Å². The van der Waals surface area contributed by atoms with Crippen molar-refractivity contribution in [3.8, 4) is 0 Å². The zero-order valence-corrected chi connectivity index (χ0v) is 12.1. The highest BCUT2D eigenvalue weighted by Gasteiger charge is 2.18. The van der Waals surface area contributed by atoms with Crippen LogP contribution < -0.4 is 0 Å². The van der Waals surface area contributed by atoms with Gasteiger partial charge in [0, 0.05) is 22.0 Å². The minimum Gasteiger partial charge on any atom is -0.296 e. The molecule has 0 saturated carbocycles. The van der Waals surface area contributed by atoms with Gasteiger partial charge in [0.15, 0.2) is 0 Å². The van der Waals surface area contributed by atoms with Crippen LogP contribution in [0.3, 0.4) is 0 Å². The zero-order valence-electron chi connectivity index (χ0n) is 8.93. The van der Waals surface area contributed by atoms with Crippen molar-refractivity contribution in [1.29, 1.82) is 0 Å². The van der Waals surface area contributed by atoms with E-state index in [0.29, 0.717) is 6.54 Å². The van der Waals surface area contributed by atoms with Crippen molar-refractivity contribution in [3.05, 3.63) is 32.7 Å². The van der Waals surface area contributed by atoms with Gasteiger partial charge >= 0.3 is 0 Å². The number of hydrogen-bond acceptors (Lipinski definition) is 1. The van der Waals surface area contributed by atoms with Gasteiger partial charge < -0.3 is 0 Å². The Labute approximate surface area is 112 Å². The van der Waals surface area contributed by atoms with E-state index in [4.69, 9.17) is 0 Å². The predicted octanol–water partition coefficient (Wildman–Crippen LogP) is 4.15. The molecule has 88 valence electrons. The van der Waals surface area contributed by atoms with Crippen LogP contribution in [0.1, 0.15) is 18.4 Å². The smallest absolute Gasteiger partial charge is 0.113 e. The minimum absolute atomic E-state index is 0.574. The summed E-state index contributed by atoms with van der Waals surface area (Å²) in [5.74, 6) is 0. The van der Waals surface area contributed by atoms with Crippen LogP contribution in [-0.4, -0.2) is 24.2 Å². The molecule has 1 unspecified atom stereocenters. The van der Waals surface area contributed by atoms with Gasteiger partial charge in [0.05, 0.1) is 0 Å². The molecular weight excluding hydrogens is 337 g/mol. The summed E-state index contributed by atoms with van der Waals surface area (Å²) < 4.78 is 15.4. The second kappa shape index (κ2) is 5.61. The third kappa shape index (κ3) is 3.54. The lowest BCUT2D eigenvalue weighted by Gasteiger charge is -2.28. The number of alkyl halides is 1. The molecule has 1 aromatic rings. The third-order valence-electron chi connectivity index (χ3n) is 2.78. The largest absolute Gasteiger partial charge is 0.296 e. The summed E-state index contributed by atoms with van der Waals surface area (Å²) in [7, 11) is 0. The Morgan fingerprint density at radius 3 is 2.56 bits per heavy atom. The first-order chi connectivity index (χ1) is 7.63. The van der Waals surface area contributed by atoms with E-state index in [1.54, 1.807) is 0 Å². The Morgan fingerprint density at radius 2 is 1.94 bits per heavy atom. The van der Waals surface area contributed by atoms with Crippen molar-refractivity contribution in [3.63, 3.8) is 0 Å². The molecule has 2 rings (SSSR count). The normalized spacial score (nSPS) is 22.3. The Balaban J connectivity index is 2.02. The maximum Gasteiger partial charge on any atom is 0.113 e. The number of nitrogens with zero attached hydrogens (tertiary/aromatic N) is 1. The lowest BCUT2D eigenvalue weighted by Crippen LogP contribution is -2.35. The molecule has 1 fully saturated rings. The van der Waals surface area contributed by atoms with Crippen molar-refractivity contribution < 1.29 is 4.39 Å². The standard InChI is InChI=1S/C12H14Br2FN/c13-10-4-9(5-11(14)6-10)7-16-3-1-2-12(15)8-16/h4-6,12H,1-3,7-8H2. The van der Waals surface area contributed by atoms with Gasteiger partial charge in [0.1, 0.15) is 6.17 Å². The van der Waals surface area contributed by atoms with E-state index < -0.39 is 6.17 Å². The summed E-state index contributed by atoms with van der Waals surface area (Å²) in [6.45, 7) is 2.41. The lowest BCUT2D eigenvalue weighted by molar-refractivity contribution is 0.133. The van der Waals surface area contributed by atoms with Crippen LogP contribution in [0.15, 0.2) is 27.1 Å². The molecule has 0 spiro atoms. The number of halogens is 3. The lowest BCUT2D eigenvalue weighted by atomic mass is 10.1. The Bertz CT molecular complexity index is 350. The highest BCUT2D eigenvalue weighted by atomic mass is 79.9. The van der Waals surface area contributed by atoms with Gasteiger partial charge in [-0.1, -0.05) is 31.9 Å².